The summed E-state index contributed by atoms with van der Waals surface area (Å²) in [5.41, 5.74) is 4.05. The standard InChI is InChI=1S/C34H39F2N7O4.C29H31F2N7O2/c1-19-8-11-21(30(44)37-17-20-9-10-20)16-23(19)27-24-18-38-32(45)43(28-25(35)6-5-7-26(28)36)29(24)41-31(40-27)39-22-12-14-42(15-13-22)33(46)47-34(2,3)4;1-16-5-8-18(27(39)33-14-17-6-7-17)13-20(16)24-21-15-34-29(40)38(25-22(30)3-2-4-23(25)31)26(21)37-28(36-24)35-19-9-11-32-12-10-19/h5-8,11,16,20,22H,9-10,12-15,17-18H2,1-4H3,(H,37,44)(H,38,45)(H,39,40,41);2-5,8,13,17,19,32H,6-7,9-12,14-15H2,1H3,(H,33,39)(H,34,40)(H,35,36,37). The fourth-order valence-electron chi connectivity index (χ4n) is 10.9. The zero-order chi connectivity index (χ0) is 61.3. The maximum Gasteiger partial charge on any atom is 0.410 e. The number of nitrogens with zero attached hydrogens (tertiary/aromatic N) is 7. The summed E-state index contributed by atoms with van der Waals surface area (Å²) >= 11 is 0. The van der Waals surface area contributed by atoms with Gasteiger partial charge in [0.25, 0.3) is 11.8 Å². The van der Waals surface area contributed by atoms with E-state index in [-0.39, 0.29) is 66.6 Å². The van der Waals surface area contributed by atoms with E-state index in [0.29, 0.717) is 95.6 Å². The van der Waals surface area contributed by atoms with E-state index in [4.69, 9.17) is 14.7 Å². The number of para-hydroxylation sites is 2. The van der Waals surface area contributed by atoms with Crippen molar-refractivity contribution < 1.29 is 46.3 Å². The first-order valence-corrected chi connectivity index (χ1v) is 29.6. The summed E-state index contributed by atoms with van der Waals surface area (Å²) in [5, 5.41) is 21.4. The highest BCUT2D eigenvalue weighted by Crippen LogP contribution is 2.42. The van der Waals surface area contributed by atoms with Gasteiger partial charge < -0.3 is 46.9 Å². The molecule has 0 atom stereocenters. The summed E-state index contributed by atoms with van der Waals surface area (Å²) in [6.45, 7) is 13.1. The van der Waals surface area contributed by atoms with Crippen LogP contribution in [-0.4, -0.2) is 112 Å². The smallest absolute Gasteiger partial charge is 0.410 e. The zero-order valence-electron chi connectivity index (χ0n) is 49.1. The Bertz CT molecular complexity index is 3620. The Balaban J connectivity index is 0.000000182. The van der Waals surface area contributed by atoms with Crippen LogP contribution in [0.2, 0.25) is 0 Å². The van der Waals surface area contributed by atoms with Gasteiger partial charge in [0.05, 0.1) is 24.5 Å². The van der Waals surface area contributed by atoms with Crippen LogP contribution in [0.25, 0.3) is 22.5 Å². The van der Waals surface area contributed by atoms with Gasteiger partial charge in [-0.2, -0.15) is 9.97 Å². The Labute approximate surface area is 501 Å². The van der Waals surface area contributed by atoms with E-state index in [1.807, 2.05) is 46.8 Å². The molecule has 0 spiro atoms. The quantitative estimate of drug-likeness (QED) is 0.0503. The number of rotatable bonds is 14. The van der Waals surface area contributed by atoms with Crippen LogP contribution in [0.3, 0.4) is 0 Å². The summed E-state index contributed by atoms with van der Waals surface area (Å²) < 4.78 is 65.7. The first kappa shape index (κ1) is 59.8. The largest absolute Gasteiger partial charge is 0.444 e. The number of nitrogens with one attached hydrogen (secondary N) is 7. The Kier molecular flexibility index (Phi) is 17.3. The fourth-order valence-corrected chi connectivity index (χ4v) is 10.9. The van der Waals surface area contributed by atoms with Crippen molar-refractivity contribution in [3.05, 3.63) is 129 Å². The van der Waals surface area contributed by atoms with E-state index >= 15 is 8.78 Å². The Morgan fingerprint density at radius 3 is 1.40 bits per heavy atom. The van der Waals surface area contributed by atoms with Gasteiger partial charge in [-0.1, -0.05) is 24.3 Å². The molecule has 4 fully saturated rings. The molecule has 20 nitrogen and oxygen atoms in total. The number of amides is 7. The van der Waals surface area contributed by atoms with Crippen LogP contribution in [0.1, 0.15) is 115 Å². The van der Waals surface area contributed by atoms with E-state index in [2.05, 4.69) is 47.2 Å². The number of hydrogen-bond acceptors (Lipinski definition) is 13. The molecule has 2 aliphatic carbocycles. The molecule has 6 aromatic rings. The van der Waals surface area contributed by atoms with E-state index in [9.17, 15) is 32.8 Å². The predicted octanol–water partition coefficient (Wildman–Crippen LogP) is 10.4. The number of carbonyl (C=O) groups excluding carboxylic acids is 5. The molecule has 0 bridgehead atoms. The summed E-state index contributed by atoms with van der Waals surface area (Å²) in [4.78, 5) is 87.4. The van der Waals surface area contributed by atoms with Gasteiger partial charge in [-0.15, -0.1) is 0 Å². The van der Waals surface area contributed by atoms with Crippen molar-refractivity contribution in [1.82, 2.24) is 51.4 Å². The van der Waals surface area contributed by atoms with E-state index in [1.165, 1.54) is 12.1 Å². The molecule has 7 N–H and O–H groups in total. The fraction of sp³-hybridized carbons (Fsp3) is 0.413. The highest BCUT2D eigenvalue weighted by molar-refractivity contribution is 6.04. The van der Waals surface area contributed by atoms with E-state index in [0.717, 1.165) is 96.8 Å². The highest BCUT2D eigenvalue weighted by Gasteiger charge is 2.38. The number of aromatic nitrogens is 4. The summed E-state index contributed by atoms with van der Waals surface area (Å²) in [6, 6.07) is 16.0. The summed E-state index contributed by atoms with van der Waals surface area (Å²) in [5.74, 6) is -2.44. The molecular weight excluding hydrogens is 1120 g/mol. The highest BCUT2D eigenvalue weighted by atomic mass is 19.1. The van der Waals surface area contributed by atoms with Crippen LogP contribution >= 0.6 is 0 Å². The average molecular weight is 1200 g/mol. The SMILES string of the molecule is Cc1ccc(C(=O)NCC2CC2)cc1-c1nc(NC2CCN(C(=O)OC(C)(C)C)CC2)nc2c1CNC(=O)N2c1c(F)cccc1F.Cc1ccc(C(=O)NCC2CC2)cc1-c1nc(NC2CCNCC2)nc2c1CNC(=O)N2c1c(F)cccc1F. The van der Waals surface area contributed by atoms with Crippen LogP contribution in [0.15, 0.2) is 72.8 Å². The van der Waals surface area contributed by atoms with Crippen molar-refractivity contribution in [1.29, 1.82) is 0 Å². The first-order chi connectivity index (χ1) is 41.8. The molecule has 2 saturated carbocycles. The number of carbonyl (C=O) groups is 5. The number of ether oxygens (including phenoxy) is 1. The normalized spacial score (nSPS) is 17.0. The van der Waals surface area contributed by atoms with Crippen LogP contribution in [-0.2, 0) is 17.8 Å². The summed E-state index contributed by atoms with van der Waals surface area (Å²) in [6.07, 6.45) is 6.91. The maximum absolute atomic E-state index is 15.1. The van der Waals surface area contributed by atoms with Crippen LogP contribution in [0.5, 0.6) is 0 Å². The molecule has 4 aromatic carbocycles. The third-order valence-corrected chi connectivity index (χ3v) is 16.1. The monoisotopic (exact) mass is 1190 g/mol. The van der Waals surface area contributed by atoms with Gasteiger partial charge in [0.1, 0.15) is 40.2 Å². The van der Waals surface area contributed by atoms with Crippen molar-refractivity contribution in [3.63, 3.8) is 0 Å². The van der Waals surface area contributed by atoms with Gasteiger partial charge in [-0.3, -0.25) is 9.59 Å². The van der Waals surface area contributed by atoms with Crippen LogP contribution in [0, 0.1) is 49.0 Å². The van der Waals surface area contributed by atoms with Gasteiger partial charge in [0.2, 0.25) is 11.9 Å². The van der Waals surface area contributed by atoms with E-state index < -0.39 is 52.3 Å². The predicted molar refractivity (Wildman–Crippen MR) is 320 cm³/mol. The second-order valence-corrected chi connectivity index (χ2v) is 23.9. The first-order valence-electron chi connectivity index (χ1n) is 29.6. The minimum Gasteiger partial charge on any atom is -0.444 e. The molecule has 2 saturated heterocycles. The third-order valence-electron chi connectivity index (χ3n) is 16.1. The number of anilines is 6. The molecule has 6 heterocycles. The topological polar surface area (TPSA) is 240 Å². The van der Waals surface area contributed by atoms with Crippen molar-refractivity contribution >= 4 is 64.9 Å². The molecular formula is C63H70F4N14O6. The van der Waals surface area contributed by atoms with Gasteiger partial charge in [-0.25, -0.2) is 51.7 Å². The molecule has 7 amide bonds. The molecule has 0 unspecified atom stereocenters. The molecule has 87 heavy (non-hydrogen) atoms. The molecule has 4 aliphatic heterocycles. The Morgan fingerprint density at radius 1 is 0.586 bits per heavy atom. The van der Waals surface area contributed by atoms with Gasteiger partial charge in [-0.05, 0) is 171 Å². The number of benzene rings is 4. The van der Waals surface area contributed by atoms with Gasteiger partial charge in [0, 0.05) is 71.6 Å². The number of fused-ring (bicyclic) bond motifs is 2. The lowest BCUT2D eigenvalue weighted by molar-refractivity contribution is 0.0210. The second kappa shape index (κ2) is 25.2. The average Bonchev–Trinajstić information content (AvgIpc) is 1.43. The third kappa shape index (κ3) is 13.7. The minimum absolute atomic E-state index is 0.00216. The number of urea groups is 2. The molecule has 24 heteroatoms. The van der Waals surface area contributed by atoms with Crippen LogP contribution in [0.4, 0.5) is 66.9 Å². The lowest BCUT2D eigenvalue weighted by Crippen LogP contribution is -2.45. The van der Waals surface area contributed by atoms with Crippen LogP contribution < -0.4 is 47.0 Å². The lowest BCUT2D eigenvalue weighted by Gasteiger charge is -2.34. The van der Waals surface area contributed by atoms with Gasteiger partial charge in [0.15, 0.2) is 11.6 Å². The van der Waals surface area contributed by atoms with E-state index in [1.54, 1.807) is 29.2 Å². The number of aryl methyl sites for hydroxylation is 2. The summed E-state index contributed by atoms with van der Waals surface area (Å²) in [7, 11) is 0. The number of likely N-dealkylation sites (tertiary alicyclic amines) is 1. The Hall–Kier alpha value is -8.93. The molecule has 6 aliphatic rings. The number of halogens is 4. The lowest BCUT2D eigenvalue weighted by atomic mass is 9.97. The second-order valence-electron chi connectivity index (χ2n) is 23.9. The molecule has 456 valence electrons. The molecule has 12 rings (SSSR count). The zero-order valence-corrected chi connectivity index (χ0v) is 49.1. The van der Waals surface area contributed by atoms with Crippen molar-refractivity contribution in [3.8, 4) is 22.5 Å². The maximum atomic E-state index is 15.1. The Morgan fingerprint density at radius 2 is 1.00 bits per heavy atom. The number of hydrogen-bond donors (Lipinski definition) is 7. The van der Waals surface area contributed by atoms with Crippen molar-refractivity contribution in [2.24, 2.45) is 11.8 Å². The van der Waals surface area contributed by atoms with Crippen molar-refractivity contribution in [2.75, 3.05) is 59.7 Å². The number of piperidine rings is 2. The molecule has 2 aromatic heterocycles. The van der Waals surface area contributed by atoms with Crippen molar-refractivity contribution in [2.45, 2.75) is 117 Å². The minimum atomic E-state index is -0.928. The molecule has 0 radical (unpaired) electrons. The van der Waals surface area contributed by atoms with Gasteiger partial charge >= 0.3 is 18.2 Å².